The van der Waals surface area contributed by atoms with E-state index in [2.05, 4.69) is 0 Å². The van der Waals surface area contributed by atoms with Gasteiger partial charge in [0.15, 0.2) is 6.54 Å². The summed E-state index contributed by atoms with van der Waals surface area (Å²) in [5, 5.41) is -0.544. The number of hydrogen-bond donors (Lipinski definition) is 1. The Balaban J connectivity index is 1.57. The minimum absolute atomic E-state index is 0.00999. The molecule has 4 atom stereocenters. The van der Waals surface area contributed by atoms with Crippen molar-refractivity contribution < 1.29 is 35.2 Å². The van der Waals surface area contributed by atoms with Crippen LogP contribution in [0.5, 0.6) is 0 Å². The SMILES string of the molecule is COC1=CC2C(C=C1)SC(=CC(C)=Cc1sc3ccc(-c4ccccc4)cc3[n+]1CC(C)S(=O)(=O)O)N2CC(C)S(=O)(=O)[O-]. The molecule has 1 N–H and O–H groups in total. The summed E-state index contributed by atoms with van der Waals surface area (Å²) in [7, 11) is -7.21. The average molecular weight is 675 g/mol. The lowest BCUT2D eigenvalue weighted by Gasteiger charge is -2.31. The van der Waals surface area contributed by atoms with Gasteiger partial charge in [-0.2, -0.15) is 13.0 Å². The molecule has 1 fully saturated rings. The van der Waals surface area contributed by atoms with Crippen LogP contribution in [0, 0.1) is 0 Å². The van der Waals surface area contributed by atoms with Gasteiger partial charge in [-0.1, -0.05) is 65.6 Å². The Morgan fingerprint density at radius 1 is 1.11 bits per heavy atom. The monoisotopic (exact) mass is 674 g/mol. The highest BCUT2D eigenvalue weighted by atomic mass is 32.2. The van der Waals surface area contributed by atoms with E-state index in [-0.39, 0.29) is 24.4 Å². The van der Waals surface area contributed by atoms with Gasteiger partial charge < -0.3 is 14.2 Å². The minimum Gasteiger partial charge on any atom is -0.748 e. The molecule has 2 heterocycles. The zero-order valence-electron chi connectivity index (χ0n) is 24.7. The van der Waals surface area contributed by atoms with E-state index in [4.69, 9.17) is 4.74 Å². The number of allylic oxidation sites excluding steroid dienone is 3. The number of ether oxygens (including phenoxy) is 1. The van der Waals surface area contributed by atoms with E-state index in [9.17, 15) is 25.9 Å². The number of nitrogens with zero attached hydrogens (tertiary/aromatic N) is 2. The van der Waals surface area contributed by atoms with Crippen LogP contribution in [0.25, 0.3) is 27.4 Å². The molecule has 5 rings (SSSR count). The molecule has 1 saturated heterocycles. The summed E-state index contributed by atoms with van der Waals surface area (Å²) >= 11 is 3.08. The predicted octanol–water partition coefficient (Wildman–Crippen LogP) is 5.20. The highest BCUT2D eigenvalue weighted by Crippen LogP contribution is 2.43. The van der Waals surface area contributed by atoms with Crippen LogP contribution in [0.3, 0.4) is 0 Å². The molecule has 1 aliphatic heterocycles. The van der Waals surface area contributed by atoms with Crippen molar-refractivity contribution in [3.8, 4) is 11.1 Å². The molecule has 2 aliphatic rings. The zero-order valence-corrected chi connectivity index (χ0v) is 27.9. The third-order valence-electron chi connectivity index (χ3n) is 7.69. The number of benzene rings is 2. The van der Waals surface area contributed by atoms with Crippen molar-refractivity contribution in [2.75, 3.05) is 13.7 Å². The lowest BCUT2D eigenvalue weighted by Crippen LogP contribution is -2.42. The number of aromatic nitrogens is 1. The van der Waals surface area contributed by atoms with E-state index >= 15 is 0 Å². The van der Waals surface area contributed by atoms with Gasteiger partial charge in [0.25, 0.3) is 15.1 Å². The van der Waals surface area contributed by atoms with Crippen LogP contribution in [0.2, 0.25) is 0 Å². The fourth-order valence-corrected chi connectivity index (χ4v) is 8.41. The van der Waals surface area contributed by atoms with Crippen LogP contribution >= 0.6 is 23.1 Å². The summed E-state index contributed by atoms with van der Waals surface area (Å²) < 4.78 is 77.6. The maximum absolute atomic E-state index is 12.0. The Hall–Kier alpha value is -2.94. The van der Waals surface area contributed by atoms with Crippen molar-refractivity contribution in [1.82, 2.24) is 4.90 Å². The molecule has 0 amide bonds. The van der Waals surface area contributed by atoms with E-state index < -0.39 is 30.7 Å². The summed E-state index contributed by atoms with van der Waals surface area (Å²) in [6, 6.07) is 15.8. The fraction of sp³-hybridized carbons (Fsp3) is 0.323. The average Bonchev–Trinajstić information content (AvgIpc) is 3.48. The van der Waals surface area contributed by atoms with Crippen LogP contribution in [-0.4, -0.2) is 66.3 Å². The number of fused-ring (bicyclic) bond motifs is 2. The quantitative estimate of drug-likeness (QED) is 0.228. The first-order valence-electron chi connectivity index (χ1n) is 13.9. The number of rotatable bonds is 10. The first-order chi connectivity index (χ1) is 20.7. The van der Waals surface area contributed by atoms with Gasteiger partial charge in [0.05, 0.1) is 38.8 Å². The molecule has 0 saturated carbocycles. The first-order valence-corrected chi connectivity index (χ1v) is 18.6. The lowest BCUT2D eigenvalue weighted by atomic mass is 10.1. The van der Waals surface area contributed by atoms with Gasteiger partial charge in [0.2, 0.25) is 5.52 Å². The minimum atomic E-state index is -4.50. The molecular formula is C31H34N2O7S4. The second-order valence-electron chi connectivity index (χ2n) is 11.0. The van der Waals surface area contributed by atoms with Crippen molar-refractivity contribution in [2.45, 2.75) is 49.1 Å². The van der Waals surface area contributed by atoms with Gasteiger partial charge >= 0.3 is 0 Å². The summed E-state index contributed by atoms with van der Waals surface area (Å²) in [5.41, 5.74) is 3.70. The Labute approximate surface area is 266 Å². The first kappa shape index (κ1) is 32.5. The Morgan fingerprint density at radius 2 is 1.84 bits per heavy atom. The van der Waals surface area contributed by atoms with Crippen molar-refractivity contribution >= 4 is 59.6 Å². The maximum Gasteiger partial charge on any atom is 0.273 e. The Morgan fingerprint density at radius 3 is 2.50 bits per heavy atom. The van der Waals surface area contributed by atoms with Crippen molar-refractivity contribution in [2.24, 2.45) is 0 Å². The fourth-order valence-electron chi connectivity index (χ4n) is 5.18. The van der Waals surface area contributed by atoms with Gasteiger partial charge in [-0.25, -0.2) is 8.42 Å². The van der Waals surface area contributed by atoms with Crippen LogP contribution < -0.4 is 4.57 Å². The topological polar surface area (TPSA) is 128 Å². The molecule has 0 bridgehead atoms. The Kier molecular flexibility index (Phi) is 9.45. The number of methoxy groups -OCH3 is 1. The van der Waals surface area contributed by atoms with E-state index in [1.54, 1.807) is 18.9 Å². The van der Waals surface area contributed by atoms with Crippen LogP contribution in [0.4, 0.5) is 0 Å². The molecule has 9 nitrogen and oxygen atoms in total. The Bertz CT molecular complexity index is 1890. The zero-order chi connectivity index (χ0) is 31.8. The van der Waals surface area contributed by atoms with E-state index in [1.165, 1.54) is 25.2 Å². The summed E-state index contributed by atoms with van der Waals surface area (Å²) in [6.45, 7) is 4.89. The summed E-state index contributed by atoms with van der Waals surface area (Å²) in [6.07, 6.45) is 9.74. The van der Waals surface area contributed by atoms with E-state index in [0.717, 1.165) is 37.0 Å². The van der Waals surface area contributed by atoms with E-state index in [0.29, 0.717) is 5.76 Å². The molecule has 234 valence electrons. The molecule has 1 aliphatic carbocycles. The molecule has 1 aromatic heterocycles. The van der Waals surface area contributed by atoms with Gasteiger partial charge in [0.1, 0.15) is 15.7 Å². The summed E-state index contributed by atoms with van der Waals surface area (Å²) in [4.78, 5) is 1.93. The normalized spacial score (nSPS) is 21.4. The van der Waals surface area contributed by atoms with Crippen LogP contribution in [-0.2, 0) is 31.5 Å². The highest BCUT2D eigenvalue weighted by molar-refractivity contribution is 8.04. The lowest BCUT2D eigenvalue weighted by molar-refractivity contribution is -0.667. The van der Waals surface area contributed by atoms with E-state index in [1.807, 2.05) is 95.3 Å². The second-order valence-corrected chi connectivity index (χ2v) is 16.8. The van der Waals surface area contributed by atoms with Gasteiger partial charge in [-0.3, -0.25) is 4.55 Å². The van der Waals surface area contributed by atoms with Crippen molar-refractivity contribution in [3.05, 3.63) is 94.2 Å². The maximum atomic E-state index is 12.0. The highest BCUT2D eigenvalue weighted by Gasteiger charge is 2.38. The summed E-state index contributed by atoms with van der Waals surface area (Å²) in [5.74, 6) is 0.664. The standard InChI is InChI=1S/C31H34N2O7S4/c1-20(15-31-33(19-22(3)44(37,38)39)27-17-25(40-4)11-13-29(27)42-31)14-30-32(18-21(2)43(34,35)36)26-16-24(10-12-28(26)41-30)23-8-6-5-7-9-23/h5-17,21-22,27,29H,18-19H2,1-4H3,(H-,34,35,36,37,38,39). The molecule has 3 aromatic rings. The molecule has 4 unspecified atom stereocenters. The largest absolute Gasteiger partial charge is 0.748 e. The third-order valence-corrected chi connectivity index (χ3v) is 12.4. The van der Waals surface area contributed by atoms with Crippen LogP contribution in [0.1, 0.15) is 25.8 Å². The molecule has 13 heteroatoms. The molecule has 2 aromatic carbocycles. The molecule has 44 heavy (non-hydrogen) atoms. The third kappa shape index (κ3) is 7.13. The number of thioether (sulfide) groups is 1. The second kappa shape index (κ2) is 12.8. The van der Waals surface area contributed by atoms with Crippen molar-refractivity contribution in [3.63, 3.8) is 0 Å². The number of hydrogen-bond acceptors (Lipinski definition) is 9. The van der Waals surface area contributed by atoms with Crippen molar-refractivity contribution in [1.29, 1.82) is 0 Å². The van der Waals surface area contributed by atoms with Gasteiger partial charge in [0, 0.05) is 18.7 Å². The van der Waals surface area contributed by atoms with Crippen LogP contribution in [0.15, 0.2) is 89.2 Å². The predicted molar refractivity (Wildman–Crippen MR) is 175 cm³/mol. The number of thiazole rings is 1. The van der Waals surface area contributed by atoms with Gasteiger partial charge in [-0.05, 0) is 61.8 Å². The smallest absolute Gasteiger partial charge is 0.273 e. The molecule has 0 spiro atoms. The van der Waals surface area contributed by atoms with Gasteiger partial charge in [-0.15, -0.1) is 0 Å². The molecule has 0 radical (unpaired) electrons. The molecular weight excluding hydrogens is 641 g/mol.